The molecule has 0 spiro atoms. The number of benzene rings is 2. The van der Waals surface area contributed by atoms with E-state index >= 15 is 0 Å². The molecule has 0 aromatic heterocycles. The molecule has 5 nitrogen and oxygen atoms in total. The molecule has 0 saturated carbocycles. The lowest BCUT2D eigenvalue weighted by Gasteiger charge is -2.31. The summed E-state index contributed by atoms with van der Waals surface area (Å²) in [6.45, 7) is 4.45. The molecule has 1 aliphatic heterocycles. The predicted molar refractivity (Wildman–Crippen MR) is 115 cm³/mol. The molecule has 3 rings (SSSR count). The topological polar surface area (TPSA) is 66.5 Å². The Morgan fingerprint density at radius 3 is 2.39 bits per heavy atom. The van der Waals surface area contributed by atoms with E-state index in [0.29, 0.717) is 24.4 Å². The zero-order valence-electron chi connectivity index (χ0n) is 15.7. The number of halogens is 2. The number of piperidine rings is 1. The summed E-state index contributed by atoms with van der Waals surface area (Å²) >= 11 is 9.31. The van der Waals surface area contributed by atoms with Gasteiger partial charge in [0.15, 0.2) is 0 Å². The van der Waals surface area contributed by atoms with Crippen LogP contribution in [-0.4, -0.2) is 31.7 Å². The molecule has 1 amide bonds. The number of nitrogens with zero attached hydrogens (tertiary/aromatic N) is 1. The molecule has 0 bridgehead atoms. The van der Waals surface area contributed by atoms with Crippen molar-refractivity contribution in [3.8, 4) is 0 Å². The van der Waals surface area contributed by atoms with Gasteiger partial charge >= 0.3 is 0 Å². The fourth-order valence-corrected chi connectivity index (χ4v) is 5.80. The maximum atomic E-state index is 12.9. The van der Waals surface area contributed by atoms with Crippen LogP contribution < -0.4 is 5.32 Å². The van der Waals surface area contributed by atoms with Gasteiger partial charge in [-0.15, -0.1) is 0 Å². The Bertz CT molecular complexity index is 970. The number of amides is 1. The molecule has 1 N–H and O–H groups in total. The van der Waals surface area contributed by atoms with Gasteiger partial charge < -0.3 is 5.32 Å². The molecule has 0 aliphatic carbocycles. The van der Waals surface area contributed by atoms with Crippen molar-refractivity contribution >= 4 is 49.1 Å². The lowest BCUT2D eigenvalue weighted by atomic mass is 9.98. The first-order valence-electron chi connectivity index (χ1n) is 9.02. The van der Waals surface area contributed by atoms with Gasteiger partial charge in [0.1, 0.15) is 0 Å². The lowest BCUT2D eigenvalue weighted by Crippen LogP contribution is -2.43. The highest BCUT2D eigenvalue weighted by Crippen LogP contribution is 2.28. The Morgan fingerprint density at radius 1 is 1.18 bits per heavy atom. The number of rotatable bonds is 4. The van der Waals surface area contributed by atoms with E-state index in [9.17, 15) is 13.2 Å². The quantitative estimate of drug-likeness (QED) is 0.679. The van der Waals surface area contributed by atoms with Gasteiger partial charge in [-0.1, -0.05) is 27.5 Å². The maximum absolute atomic E-state index is 12.9. The van der Waals surface area contributed by atoms with Gasteiger partial charge in [-0.05, 0) is 74.2 Å². The third-order valence-electron chi connectivity index (χ3n) is 4.95. The van der Waals surface area contributed by atoms with E-state index in [0.717, 1.165) is 21.3 Å². The van der Waals surface area contributed by atoms with Gasteiger partial charge in [-0.25, -0.2) is 8.42 Å². The van der Waals surface area contributed by atoms with Crippen molar-refractivity contribution in [1.29, 1.82) is 0 Å². The number of carbonyl (C=O) groups is 1. The van der Waals surface area contributed by atoms with Gasteiger partial charge in [-0.2, -0.15) is 4.31 Å². The Morgan fingerprint density at radius 2 is 1.79 bits per heavy atom. The van der Waals surface area contributed by atoms with Gasteiger partial charge in [0.05, 0.1) is 10.8 Å². The first kappa shape index (κ1) is 21.3. The average molecular weight is 486 g/mol. The van der Waals surface area contributed by atoms with Crippen LogP contribution in [0.2, 0.25) is 5.02 Å². The van der Waals surface area contributed by atoms with Crippen LogP contribution in [0, 0.1) is 19.8 Å². The Hall–Kier alpha value is -1.41. The molecule has 1 saturated heterocycles. The van der Waals surface area contributed by atoms with E-state index in [4.69, 9.17) is 11.6 Å². The highest BCUT2D eigenvalue weighted by Gasteiger charge is 2.33. The van der Waals surface area contributed by atoms with Crippen molar-refractivity contribution in [1.82, 2.24) is 4.31 Å². The molecular formula is C20H22BrClN2O3S. The second kappa shape index (κ2) is 8.53. The number of hydrogen-bond acceptors (Lipinski definition) is 3. The van der Waals surface area contributed by atoms with Crippen molar-refractivity contribution in [2.75, 3.05) is 18.4 Å². The normalized spacial score (nSPS) is 18.1. The molecule has 8 heteroatoms. The Kier molecular flexibility index (Phi) is 6.49. The van der Waals surface area contributed by atoms with E-state index in [1.165, 1.54) is 16.4 Å². The molecule has 28 heavy (non-hydrogen) atoms. The highest BCUT2D eigenvalue weighted by molar-refractivity contribution is 9.10. The molecular weight excluding hydrogens is 464 g/mol. The molecule has 1 fully saturated rings. The summed E-state index contributed by atoms with van der Waals surface area (Å²) in [6, 6.07) is 10.00. The summed E-state index contributed by atoms with van der Waals surface area (Å²) in [5.41, 5.74) is 2.70. The largest absolute Gasteiger partial charge is 0.325 e. The zero-order chi connectivity index (χ0) is 20.5. The maximum Gasteiger partial charge on any atom is 0.243 e. The minimum Gasteiger partial charge on any atom is -0.325 e. The Labute approximate surface area is 179 Å². The zero-order valence-corrected chi connectivity index (χ0v) is 18.9. The van der Waals surface area contributed by atoms with Crippen molar-refractivity contribution < 1.29 is 13.2 Å². The van der Waals surface area contributed by atoms with Gasteiger partial charge in [0.2, 0.25) is 15.9 Å². The number of carbonyl (C=O) groups excluding carboxylic acids is 1. The van der Waals surface area contributed by atoms with E-state index in [-0.39, 0.29) is 17.3 Å². The van der Waals surface area contributed by atoms with Crippen LogP contribution in [0.1, 0.15) is 24.0 Å². The molecule has 2 aromatic carbocycles. The second-order valence-electron chi connectivity index (χ2n) is 7.06. The van der Waals surface area contributed by atoms with E-state index < -0.39 is 15.9 Å². The van der Waals surface area contributed by atoms with E-state index in [1.54, 1.807) is 12.1 Å². The Balaban J connectivity index is 1.76. The first-order chi connectivity index (χ1) is 13.2. The van der Waals surface area contributed by atoms with Crippen LogP contribution in [0.15, 0.2) is 45.8 Å². The van der Waals surface area contributed by atoms with Crippen molar-refractivity contribution in [2.24, 2.45) is 5.92 Å². The average Bonchev–Trinajstić information content (AvgIpc) is 2.65. The number of aryl methyl sites for hydroxylation is 2. The number of nitrogens with one attached hydrogen (secondary N) is 1. The summed E-state index contributed by atoms with van der Waals surface area (Å²) in [6.07, 6.45) is 1.30. The van der Waals surface area contributed by atoms with E-state index in [1.807, 2.05) is 26.0 Å². The monoisotopic (exact) mass is 484 g/mol. The second-order valence-corrected chi connectivity index (χ2v) is 10.4. The van der Waals surface area contributed by atoms with Crippen LogP contribution in [0.3, 0.4) is 0 Å². The molecule has 150 valence electrons. The van der Waals surface area contributed by atoms with Crippen LogP contribution in [0.25, 0.3) is 0 Å². The standard InChI is InChI=1S/C20H22BrClN2O3S/c1-13-10-16(21)11-14(2)19(13)23-20(25)15-4-3-9-24(12-15)28(26,27)18-7-5-17(22)6-8-18/h5-8,10-11,15H,3-4,9,12H2,1-2H3,(H,23,25)/t15-/m0/s1. The van der Waals surface area contributed by atoms with Crippen molar-refractivity contribution in [3.05, 3.63) is 57.0 Å². The molecule has 0 unspecified atom stereocenters. The number of sulfonamides is 1. The highest BCUT2D eigenvalue weighted by atomic mass is 79.9. The molecule has 0 radical (unpaired) electrons. The molecule has 2 aromatic rings. The fourth-order valence-electron chi connectivity index (χ4n) is 3.46. The van der Waals surface area contributed by atoms with E-state index in [2.05, 4.69) is 21.2 Å². The van der Waals surface area contributed by atoms with Crippen LogP contribution in [0.4, 0.5) is 5.69 Å². The van der Waals surface area contributed by atoms with Crippen molar-refractivity contribution in [2.45, 2.75) is 31.6 Å². The third-order valence-corrected chi connectivity index (χ3v) is 7.54. The van der Waals surface area contributed by atoms with Gasteiger partial charge in [0.25, 0.3) is 0 Å². The summed E-state index contributed by atoms with van der Waals surface area (Å²) in [4.78, 5) is 13.0. The van der Waals surface area contributed by atoms with Crippen LogP contribution in [0.5, 0.6) is 0 Å². The van der Waals surface area contributed by atoms with Gasteiger partial charge in [-0.3, -0.25) is 4.79 Å². The van der Waals surface area contributed by atoms with Crippen LogP contribution >= 0.6 is 27.5 Å². The first-order valence-corrected chi connectivity index (χ1v) is 11.6. The molecule has 1 aliphatic rings. The third kappa shape index (κ3) is 4.59. The summed E-state index contributed by atoms with van der Waals surface area (Å²) in [5.74, 6) is -0.539. The van der Waals surface area contributed by atoms with Crippen molar-refractivity contribution in [3.63, 3.8) is 0 Å². The summed E-state index contributed by atoms with van der Waals surface area (Å²) in [5, 5.41) is 3.48. The predicted octanol–water partition coefficient (Wildman–Crippen LogP) is 4.76. The van der Waals surface area contributed by atoms with Crippen LogP contribution in [-0.2, 0) is 14.8 Å². The molecule has 1 heterocycles. The van der Waals surface area contributed by atoms with Gasteiger partial charge in [0, 0.05) is 28.3 Å². The SMILES string of the molecule is Cc1cc(Br)cc(C)c1NC(=O)[C@H]1CCCN(S(=O)(=O)c2ccc(Cl)cc2)C1. The lowest BCUT2D eigenvalue weighted by molar-refractivity contribution is -0.120. The smallest absolute Gasteiger partial charge is 0.243 e. The minimum absolute atomic E-state index is 0.149. The molecule has 1 atom stereocenters. The number of anilines is 1. The fraction of sp³-hybridized carbons (Fsp3) is 0.350. The summed E-state index contributed by atoms with van der Waals surface area (Å²) in [7, 11) is -3.65. The minimum atomic E-state index is -3.65. The number of hydrogen-bond donors (Lipinski definition) is 1. The summed E-state index contributed by atoms with van der Waals surface area (Å²) < 4.78 is 28.2.